The summed E-state index contributed by atoms with van der Waals surface area (Å²) in [7, 11) is -2.48. The summed E-state index contributed by atoms with van der Waals surface area (Å²) in [5, 5.41) is 0. The minimum atomic E-state index is -4.47. The van der Waals surface area contributed by atoms with Crippen molar-refractivity contribution in [2.45, 2.75) is 11.1 Å². The van der Waals surface area contributed by atoms with E-state index in [2.05, 4.69) is 9.71 Å². The monoisotopic (exact) mass is 462 g/mol. The molecule has 0 unspecified atom stereocenters. The van der Waals surface area contributed by atoms with Gasteiger partial charge in [0, 0.05) is 11.8 Å². The lowest BCUT2D eigenvalue weighted by Crippen LogP contribution is -2.18. The van der Waals surface area contributed by atoms with E-state index in [0.29, 0.717) is 22.6 Å². The molecule has 2 aromatic heterocycles. The topological polar surface area (TPSA) is 98.7 Å². The Labute approximate surface area is 181 Å². The van der Waals surface area contributed by atoms with Crippen LogP contribution in [-0.2, 0) is 16.2 Å². The van der Waals surface area contributed by atoms with Crippen molar-refractivity contribution >= 4 is 21.4 Å². The number of sulfonamides is 1. The zero-order valence-electron chi connectivity index (χ0n) is 16.6. The van der Waals surface area contributed by atoms with Crippen molar-refractivity contribution in [3.05, 3.63) is 72.6 Å². The second kappa shape index (κ2) is 7.84. The number of aromatic nitrogens is 2. The van der Waals surface area contributed by atoms with Crippen LogP contribution < -0.4 is 15.2 Å². The molecule has 0 saturated heterocycles. The number of hydrogen-bond acceptors (Lipinski definition) is 5. The fourth-order valence-corrected chi connectivity index (χ4v) is 3.91. The molecule has 7 nitrogen and oxygen atoms in total. The van der Waals surface area contributed by atoms with E-state index >= 15 is 0 Å². The molecule has 0 radical (unpaired) electrons. The summed E-state index contributed by atoms with van der Waals surface area (Å²) in [6.45, 7) is 0. The summed E-state index contributed by atoms with van der Waals surface area (Å²) in [5.41, 5.74) is 6.89. The van der Waals surface area contributed by atoms with Gasteiger partial charge in [-0.3, -0.25) is 4.40 Å². The summed E-state index contributed by atoms with van der Waals surface area (Å²) < 4.78 is 73.0. The van der Waals surface area contributed by atoms with Gasteiger partial charge in [-0.2, -0.15) is 13.2 Å². The second-order valence-electron chi connectivity index (χ2n) is 6.79. The number of rotatable bonds is 5. The largest absolute Gasteiger partial charge is 0.457 e. The van der Waals surface area contributed by atoms with Crippen LogP contribution in [0.4, 0.5) is 18.9 Å². The average Bonchev–Trinajstić information content (AvgIpc) is 3.19. The number of nitrogen functional groups attached to an aromatic ring is 1. The molecule has 0 spiro atoms. The van der Waals surface area contributed by atoms with Gasteiger partial charge in [0.15, 0.2) is 5.65 Å². The van der Waals surface area contributed by atoms with E-state index in [1.54, 1.807) is 22.7 Å². The van der Waals surface area contributed by atoms with Crippen LogP contribution in [-0.4, -0.2) is 24.9 Å². The summed E-state index contributed by atoms with van der Waals surface area (Å²) >= 11 is 0. The van der Waals surface area contributed by atoms with Gasteiger partial charge in [-0.15, -0.1) is 0 Å². The number of anilines is 1. The zero-order valence-corrected chi connectivity index (χ0v) is 17.4. The minimum Gasteiger partial charge on any atom is -0.457 e. The molecule has 0 aliphatic carbocycles. The van der Waals surface area contributed by atoms with Crippen molar-refractivity contribution in [1.82, 2.24) is 14.1 Å². The van der Waals surface area contributed by atoms with Crippen LogP contribution in [0.25, 0.3) is 16.9 Å². The number of pyridine rings is 1. The highest BCUT2D eigenvalue weighted by atomic mass is 32.2. The molecule has 0 fully saturated rings. The molecule has 2 heterocycles. The SMILES string of the molecule is CNS(=O)(=O)c1ccc(Oc2ccc(C(F)(F)F)cc2)c(-c2cnc3c(N)cccn23)c1. The Bertz CT molecular complexity index is 1400. The van der Waals surface area contributed by atoms with Gasteiger partial charge in [0.1, 0.15) is 11.5 Å². The van der Waals surface area contributed by atoms with Gasteiger partial charge < -0.3 is 10.5 Å². The Morgan fingerprint density at radius 2 is 1.81 bits per heavy atom. The maximum atomic E-state index is 12.8. The number of fused-ring (bicyclic) bond motifs is 1. The molecule has 11 heteroatoms. The van der Waals surface area contributed by atoms with Gasteiger partial charge in [-0.25, -0.2) is 18.1 Å². The molecular formula is C21H17F3N4O3S. The van der Waals surface area contributed by atoms with Gasteiger partial charge >= 0.3 is 6.18 Å². The van der Waals surface area contributed by atoms with Crippen molar-refractivity contribution in [3.63, 3.8) is 0 Å². The number of ether oxygens (including phenoxy) is 1. The maximum absolute atomic E-state index is 12.8. The number of nitrogens with two attached hydrogens (primary N) is 1. The van der Waals surface area contributed by atoms with E-state index in [-0.39, 0.29) is 16.4 Å². The molecule has 2 aromatic carbocycles. The molecule has 0 saturated carbocycles. The number of halogens is 3. The molecule has 4 aromatic rings. The van der Waals surface area contributed by atoms with E-state index in [1.165, 1.54) is 43.6 Å². The van der Waals surface area contributed by atoms with Gasteiger partial charge in [-0.1, -0.05) is 0 Å². The first kappa shape index (κ1) is 21.7. The van der Waals surface area contributed by atoms with Crippen LogP contribution in [0.15, 0.2) is 71.9 Å². The Balaban J connectivity index is 1.84. The molecule has 4 rings (SSSR count). The number of benzene rings is 2. The average molecular weight is 462 g/mol. The first-order chi connectivity index (χ1) is 15.1. The third-order valence-electron chi connectivity index (χ3n) is 4.78. The summed E-state index contributed by atoms with van der Waals surface area (Å²) in [6, 6.07) is 11.8. The molecule has 32 heavy (non-hydrogen) atoms. The summed E-state index contributed by atoms with van der Waals surface area (Å²) in [5.74, 6) is 0.376. The molecule has 166 valence electrons. The standard InChI is InChI=1S/C21H17F3N4O3S/c1-26-32(29,30)15-8-9-19(31-14-6-4-13(5-7-14)21(22,23)24)16(11-15)18-12-27-20-17(25)3-2-10-28(18)20/h2-12,26H,25H2,1H3. The minimum absolute atomic E-state index is 0.0198. The van der Waals surface area contributed by atoms with E-state index < -0.39 is 21.8 Å². The Kier molecular flexibility index (Phi) is 5.31. The van der Waals surface area contributed by atoms with E-state index in [4.69, 9.17) is 10.5 Å². The van der Waals surface area contributed by atoms with Crippen molar-refractivity contribution < 1.29 is 26.3 Å². The van der Waals surface area contributed by atoms with Crippen LogP contribution in [0, 0.1) is 0 Å². The Morgan fingerprint density at radius 1 is 1.09 bits per heavy atom. The highest BCUT2D eigenvalue weighted by Crippen LogP contribution is 2.37. The lowest BCUT2D eigenvalue weighted by atomic mass is 10.1. The Hall–Kier alpha value is -3.57. The maximum Gasteiger partial charge on any atom is 0.416 e. The van der Waals surface area contributed by atoms with Crippen molar-refractivity contribution in [3.8, 4) is 22.8 Å². The molecule has 0 atom stereocenters. The van der Waals surface area contributed by atoms with Crippen molar-refractivity contribution in [1.29, 1.82) is 0 Å². The normalized spacial score (nSPS) is 12.2. The molecular weight excluding hydrogens is 445 g/mol. The van der Waals surface area contributed by atoms with E-state index in [9.17, 15) is 21.6 Å². The van der Waals surface area contributed by atoms with Gasteiger partial charge in [0.05, 0.1) is 28.0 Å². The third kappa shape index (κ3) is 3.99. The second-order valence-corrected chi connectivity index (χ2v) is 8.68. The Morgan fingerprint density at radius 3 is 2.47 bits per heavy atom. The van der Waals surface area contributed by atoms with Crippen molar-refractivity contribution in [2.75, 3.05) is 12.8 Å². The molecule has 3 N–H and O–H groups in total. The van der Waals surface area contributed by atoms with Crippen LogP contribution in [0.5, 0.6) is 11.5 Å². The predicted molar refractivity (Wildman–Crippen MR) is 113 cm³/mol. The number of alkyl halides is 3. The third-order valence-corrected chi connectivity index (χ3v) is 6.19. The molecule has 0 amide bonds. The molecule has 0 bridgehead atoms. The quantitative estimate of drug-likeness (QED) is 0.461. The van der Waals surface area contributed by atoms with Crippen molar-refractivity contribution in [2.24, 2.45) is 0 Å². The first-order valence-corrected chi connectivity index (χ1v) is 10.7. The fourth-order valence-electron chi connectivity index (χ4n) is 3.15. The highest BCUT2D eigenvalue weighted by Gasteiger charge is 2.30. The predicted octanol–water partition coefficient (Wildman–Crippen LogP) is 4.30. The smallest absolute Gasteiger partial charge is 0.416 e. The number of nitrogens with zero attached hydrogens (tertiary/aromatic N) is 2. The van der Waals surface area contributed by atoms with Crippen LogP contribution in [0.3, 0.4) is 0 Å². The summed E-state index contributed by atoms with van der Waals surface area (Å²) in [6.07, 6.45) is -1.26. The first-order valence-electron chi connectivity index (χ1n) is 9.25. The molecule has 0 aliphatic rings. The van der Waals surface area contributed by atoms with Gasteiger partial charge in [0.25, 0.3) is 0 Å². The molecule has 0 aliphatic heterocycles. The van der Waals surface area contributed by atoms with E-state index in [0.717, 1.165) is 12.1 Å². The zero-order chi connectivity index (χ0) is 23.1. The van der Waals surface area contributed by atoms with Gasteiger partial charge in [-0.05, 0) is 61.6 Å². The van der Waals surface area contributed by atoms with Gasteiger partial charge in [0.2, 0.25) is 10.0 Å². The van der Waals surface area contributed by atoms with E-state index in [1.807, 2.05) is 0 Å². The van der Waals surface area contributed by atoms with Crippen LogP contribution in [0.1, 0.15) is 5.56 Å². The highest BCUT2D eigenvalue weighted by molar-refractivity contribution is 7.89. The van der Waals surface area contributed by atoms with Crippen LogP contribution >= 0.6 is 0 Å². The number of hydrogen-bond donors (Lipinski definition) is 2. The lowest BCUT2D eigenvalue weighted by molar-refractivity contribution is -0.137. The lowest BCUT2D eigenvalue weighted by Gasteiger charge is -2.14. The number of imidazole rings is 1. The van der Waals surface area contributed by atoms with Crippen LogP contribution in [0.2, 0.25) is 0 Å². The number of nitrogens with one attached hydrogen (secondary N) is 1. The fraction of sp³-hybridized carbons (Fsp3) is 0.0952. The summed E-state index contributed by atoms with van der Waals surface area (Å²) in [4.78, 5) is 4.27.